The van der Waals surface area contributed by atoms with Gasteiger partial charge in [-0.3, -0.25) is 4.90 Å². The lowest BCUT2D eigenvalue weighted by Crippen LogP contribution is -2.49. The van der Waals surface area contributed by atoms with E-state index in [9.17, 15) is 0 Å². The van der Waals surface area contributed by atoms with Crippen molar-refractivity contribution in [2.24, 2.45) is 11.8 Å². The lowest BCUT2D eigenvalue weighted by molar-refractivity contribution is 0.0911. The maximum absolute atomic E-state index is 3.99. The molecule has 1 saturated carbocycles. The summed E-state index contributed by atoms with van der Waals surface area (Å²) in [6.45, 7) is 14.0. The summed E-state index contributed by atoms with van der Waals surface area (Å²) in [6.07, 6.45) is 2.74. The van der Waals surface area contributed by atoms with Crippen molar-refractivity contribution in [1.29, 1.82) is 0 Å². The molecule has 94 valence electrons. The quantitative estimate of drug-likeness (QED) is 0.669. The van der Waals surface area contributed by atoms with Crippen molar-refractivity contribution in [3.05, 3.63) is 12.2 Å². The van der Waals surface area contributed by atoms with E-state index in [-0.39, 0.29) is 0 Å². The van der Waals surface area contributed by atoms with E-state index in [0.29, 0.717) is 0 Å². The van der Waals surface area contributed by atoms with Crippen molar-refractivity contribution in [3.8, 4) is 0 Å². The van der Waals surface area contributed by atoms with Gasteiger partial charge >= 0.3 is 0 Å². The smallest absolute Gasteiger partial charge is 0.0187 e. The summed E-state index contributed by atoms with van der Waals surface area (Å²) in [5.41, 5.74) is 1.27. The van der Waals surface area contributed by atoms with Gasteiger partial charge in [-0.2, -0.15) is 0 Å². The molecule has 0 amide bonds. The second-order valence-electron chi connectivity index (χ2n) is 5.83. The van der Waals surface area contributed by atoms with Crippen molar-refractivity contribution in [3.63, 3.8) is 0 Å². The third-order valence-electron chi connectivity index (χ3n) is 3.42. The summed E-state index contributed by atoms with van der Waals surface area (Å²) in [6, 6.07) is 0.774. The molecule has 0 aromatic rings. The Morgan fingerprint density at radius 2 is 2.12 bits per heavy atom. The third kappa shape index (κ3) is 4.26. The number of nitrogens with zero attached hydrogens (tertiary/aromatic N) is 1. The number of hydrogen-bond acceptors (Lipinski definition) is 2. The highest BCUT2D eigenvalue weighted by Gasteiger charge is 2.33. The van der Waals surface area contributed by atoms with Crippen LogP contribution in [-0.4, -0.2) is 37.6 Å². The first kappa shape index (κ1) is 13.7. The Hall–Kier alpha value is -0.340. The van der Waals surface area contributed by atoms with Gasteiger partial charge in [-0.15, -0.1) is 0 Å². The number of rotatable bonds is 7. The number of nitrogens with one attached hydrogen (secondary N) is 1. The van der Waals surface area contributed by atoms with Crippen molar-refractivity contribution in [1.82, 2.24) is 10.2 Å². The molecule has 0 spiro atoms. The molecule has 1 fully saturated rings. The summed E-state index contributed by atoms with van der Waals surface area (Å²) >= 11 is 0. The first-order valence-corrected chi connectivity index (χ1v) is 6.56. The Balaban J connectivity index is 2.21. The van der Waals surface area contributed by atoms with Crippen LogP contribution in [0.25, 0.3) is 0 Å². The number of likely N-dealkylation sites (N-methyl/N-ethyl adjacent to an activating group) is 1. The molecule has 1 aliphatic rings. The van der Waals surface area contributed by atoms with E-state index in [1.165, 1.54) is 25.0 Å². The van der Waals surface area contributed by atoms with E-state index in [1.807, 2.05) is 0 Å². The first-order chi connectivity index (χ1) is 7.50. The Morgan fingerprint density at radius 3 is 2.56 bits per heavy atom. The van der Waals surface area contributed by atoms with Gasteiger partial charge in [0.25, 0.3) is 0 Å². The molecule has 0 aliphatic heterocycles. The molecule has 2 atom stereocenters. The fourth-order valence-corrected chi connectivity index (χ4v) is 2.47. The first-order valence-electron chi connectivity index (χ1n) is 6.56. The molecular formula is C14H28N2. The maximum Gasteiger partial charge on any atom is 0.0187 e. The van der Waals surface area contributed by atoms with E-state index in [2.05, 4.69) is 44.6 Å². The Bertz CT molecular complexity index is 223. The second-order valence-corrected chi connectivity index (χ2v) is 5.83. The van der Waals surface area contributed by atoms with Crippen molar-refractivity contribution < 1.29 is 0 Å². The highest BCUT2D eigenvalue weighted by molar-refractivity contribution is 4.96. The lowest BCUT2D eigenvalue weighted by atomic mass is 9.78. The van der Waals surface area contributed by atoms with Gasteiger partial charge in [-0.1, -0.05) is 26.0 Å². The second kappa shape index (κ2) is 6.41. The van der Waals surface area contributed by atoms with Crippen LogP contribution in [0.1, 0.15) is 33.6 Å². The molecule has 1 N–H and O–H groups in total. The molecule has 1 aliphatic carbocycles. The van der Waals surface area contributed by atoms with E-state index in [4.69, 9.17) is 0 Å². The van der Waals surface area contributed by atoms with Gasteiger partial charge in [-0.25, -0.2) is 0 Å². The van der Waals surface area contributed by atoms with E-state index >= 15 is 0 Å². The van der Waals surface area contributed by atoms with Crippen LogP contribution in [0.15, 0.2) is 12.2 Å². The van der Waals surface area contributed by atoms with Crippen LogP contribution in [0.2, 0.25) is 0 Å². The average molecular weight is 224 g/mol. The fourth-order valence-electron chi connectivity index (χ4n) is 2.47. The molecule has 0 radical (unpaired) electrons. The Kier molecular flexibility index (Phi) is 5.50. The van der Waals surface area contributed by atoms with E-state index in [1.54, 1.807) is 0 Å². The van der Waals surface area contributed by atoms with Crippen molar-refractivity contribution in [2.75, 3.05) is 26.7 Å². The van der Waals surface area contributed by atoms with Crippen molar-refractivity contribution >= 4 is 0 Å². The highest BCUT2D eigenvalue weighted by atomic mass is 15.1. The van der Waals surface area contributed by atoms with Gasteiger partial charge in [0.15, 0.2) is 0 Å². The largest absolute Gasteiger partial charge is 0.316 e. The van der Waals surface area contributed by atoms with Gasteiger partial charge in [0.1, 0.15) is 0 Å². The zero-order valence-corrected chi connectivity index (χ0v) is 11.4. The molecule has 1 rings (SSSR count). The third-order valence-corrected chi connectivity index (χ3v) is 3.42. The Labute approximate surface area is 101 Å². The summed E-state index contributed by atoms with van der Waals surface area (Å²) in [7, 11) is 2.23. The number of hydrogen-bond donors (Lipinski definition) is 1. The normalized spacial score (nSPS) is 24.9. The van der Waals surface area contributed by atoms with E-state index in [0.717, 1.165) is 31.0 Å². The predicted molar refractivity (Wildman–Crippen MR) is 71.7 cm³/mol. The van der Waals surface area contributed by atoms with Gasteiger partial charge < -0.3 is 5.32 Å². The molecule has 2 nitrogen and oxygen atoms in total. The molecule has 0 aromatic carbocycles. The highest BCUT2D eigenvalue weighted by Crippen LogP contribution is 2.31. The van der Waals surface area contributed by atoms with Gasteiger partial charge in [-0.05, 0) is 51.7 Å². The molecule has 2 heteroatoms. The van der Waals surface area contributed by atoms with Crippen LogP contribution in [0.4, 0.5) is 0 Å². The maximum atomic E-state index is 3.99. The Morgan fingerprint density at radius 1 is 1.44 bits per heavy atom. The topological polar surface area (TPSA) is 15.3 Å². The van der Waals surface area contributed by atoms with Gasteiger partial charge in [0, 0.05) is 12.6 Å². The van der Waals surface area contributed by atoms with Crippen LogP contribution in [-0.2, 0) is 0 Å². The molecule has 0 bridgehead atoms. The van der Waals surface area contributed by atoms with E-state index < -0.39 is 0 Å². The predicted octanol–water partition coefficient (Wildman–Crippen LogP) is 2.52. The van der Waals surface area contributed by atoms with Gasteiger partial charge in [0.05, 0.1) is 0 Å². The summed E-state index contributed by atoms with van der Waals surface area (Å²) in [5, 5.41) is 3.58. The molecule has 2 unspecified atom stereocenters. The lowest BCUT2D eigenvalue weighted by Gasteiger charge is -2.43. The summed E-state index contributed by atoms with van der Waals surface area (Å²) < 4.78 is 0. The van der Waals surface area contributed by atoms with Crippen molar-refractivity contribution in [2.45, 2.75) is 39.7 Å². The monoisotopic (exact) mass is 224 g/mol. The summed E-state index contributed by atoms with van der Waals surface area (Å²) in [5.74, 6) is 1.61. The van der Waals surface area contributed by atoms with Gasteiger partial charge in [0.2, 0.25) is 0 Å². The van der Waals surface area contributed by atoms with Crippen LogP contribution < -0.4 is 5.32 Å². The van der Waals surface area contributed by atoms with Crippen LogP contribution in [0.3, 0.4) is 0 Å². The molecule has 0 aromatic heterocycles. The molecule has 16 heavy (non-hydrogen) atoms. The SMILES string of the molecule is C=C(C)CN(C)C1CCC1CNCC(C)C. The van der Waals surface area contributed by atoms with Crippen LogP contribution in [0, 0.1) is 11.8 Å². The zero-order chi connectivity index (χ0) is 12.1. The molecule has 0 heterocycles. The minimum absolute atomic E-state index is 0.756. The fraction of sp³-hybridized carbons (Fsp3) is 0.857. The van der Waals surface area contributed by atoms with Crippen LogP contribution in [0.5, 0.6) is 0 Å². The standard InChI is InChI=1S/C14H28N2/c1-11(2)8-15-9-13-6-7-14(13)16(5)10-12(3)4/h11,13-15H,3,6-10H2,1-2,4-5H3. The summed E-state index contributed by atoms with van der Waals surface area (Å²) in [4.78, 5) is 2.47. The van der Waals surface area contributed by atoms with Crippen LogP contribution >= 0.6 is 0 Å². The molecule has 0 saturated heterocycles. The minimum Gasteiger partial charge on any atom is -0.316 e. The zero-order valence-electron chi connectivity index (χ0n) is 11.4. The minimum atomic E-state index is 0.756. The molecular weight excluding hydrogens is 196 g/mol. The average Bonchev–Trinajstić information content (AvgIpc) is 2.08.